The van der Waals surface area contributed by atoms with Gasteiger partial charge in [0, 0.05) is 11.8 Å². The summed E-state index contributed by atoms with van der Waals surface area (Å²) in [4.78, 5) is 4.12. The first-order valence-corrected chi connectivity index (χ1v) is 6.09. The number of nitrogens with zero attached hydrogens (tertiary/aromatic N) is 1. The van der Waals surface area contributed by atoms with Gasteiger partial charge in [0.1, 0.15) is 9.34 Å². The Bertz CT molecular complexity index is 516. The summed E-state index contributed by atoms with van der Waals surface area (Å²) in [6.45, 7) is 0.573. The molecule has 0 aliphatic rings. The average molecular weight is 271 g/mol. The number of hydrogen-bond acceptors (Lipinski definition) is 5. The van der Waals surface area contributed by atoms with Gasteiger partial charge < -0.3 is 15.2 Å². The van der Waals surface area contributed by atoms with Crippen LogP contribution in [0.15, 0.2) is 24.4 Å². The van der Waals surface area contributed by atoms with Crippen LogP contribution in [0.4, 0.5) is 5.69 Å². The summed E-state index contributed by atoms with van der Waals surface area (Å²) >= 11 is 7.20. The Morgan fingerprint density at radius 2 is 2.35 bits per heavy atom. The number of aromatic hydroxyl groups is 1. The minimum Gasteiger partial charge on any atom is -0.504 e. The third-order valence-corrected chi connectivity index (χ3v) is 3.26. The predicted molar refractivity (Wildman–Crippen MR) is 69.1 cm³/mol. The molecule has 0 amide bonds. The number of thiazole rings is 1. The molecule has 0 radical (unpaired) electrons. The van der Waals surface area contributed by atoms with Gasteiger partial charge >= 0.3 is 0 Å². The number of phenolic OH excluding ortho intramolecular Hbond substituents is 1. The van der Waals surface area contributed by atoms with Crippen molar-refractivity contribution in [2.24, 2.45) is 0 Å². The molecule has 0 atom stereocenters. The van der Waals surface area contributed by atoms with Crippen LogP contribution in [0.25, 0.3) is 0 Å². The van der Waals surface area contributed by atoms with E-state index in [1.165, 1.54) is 18.4 Å². The number of halogens is 1. The number of rotatable bonds is 4. The van der Waals surface area contributed by atoms with Crippen molar-refractivity contribution >= 4 is 28.6 Å². The second-order valence-electron chi connectivity index (χ2n) is 3.30. The fourth-order valence-electron chi connectivity index (χ4n) is 1.35. The Balaban J connectivity index is 2.02. The molecule has 0 spiro atoms. The van der Waals surface area contributed by atoms with E-state index in [-0.39, 0.29) is 5.75 Å². The summed E-state index contributed by atoms with van der Waals surface area (Å²) < 4.78 is 5.63. The molecule has 2 aromatic rings. The van der Waals surface area contributed by atoms with Crippen LogP contribution in [0.2, 0.25) is 4.34 Å². The van der Waals surface area contributed by atoms with Crippen LogP contribution >= 0.6 is 22.9 Å². The monoisotopic (exact) mass is 270 g/mol. The maximum atomic E-state index is 9.59. The van der Waals surface area contributed by atoms with E-state index >= 15 is 0 Å². The molecule has 0 saturated carbocycles. The normalized spacial score (nSPS) is 10.2. The van der Waals surface area contributed by atoms with Crippen molar-refractivity contribution in [3.63, 3.8) is 0 Å². The van der Waals surface area contributed by atoms with Crippen LogP contribution in [-0.2, 0) is 6.54 Å². The van der Waals surface area contributed by atoms with Crippen molar-refractivity contribution in [2.45, 2.75) is 6.54 Å². The Kier molecular flexibility index (Phi) is 3.71. The molecule has 17 heavy (non-hydrogen) atoms. The zero-order valence-electron chi connectivity index (χ0n) is 9.11. The summed E-state index contributed by atoms with van der Waals surface area (Å²) in [6, 6.07) is 5.13. The lowest BCUT2D eigenvalue weighted by atomic mass is 10.3. The van der Waals surface area contributed by atoms with E-state index in [0.717, 1.165) is 10.7 Å². The first-order valence-electron chi connectivity index (χ1n) is 4.90. The number of anilines is 1. The zero-order chi connectivity index (χ0) is 12.3. The van der Waals surface area contributed by atoms with E-state index in [1.54, 1.807) is 18.3 Å². The standard InChI is InChI=1S/C11H11ClN2O2S/c1-16-9-3-2-7(4-8(9)15)13-6-11-14-5-10(12)17-11/h2-5,13,15H,6H2,1H3. The van der Waals surface area contributed by atoms with Gasteiger partial charge in [-0.1, -0.05) is 11.6 Å². The van der Waals surface area contributed by atoms with Crippen molar-refractivity contribution in [1.82, 2.24) is 4.98 Å². The zero-order valence-corrected chi connectivity index (χ0v) is 10.7. The van der Waals surface area contributed by atoms with E-state index < -0.39 is 0 Å². The lowest BCUT2D eigenvalue weighted by Gasteiger charge is -2.07. The molecule has 0 fully saturated rings. The van der Waals surface area contributed by atoms with Gasteiger partial charge in [-0.3, -0.25) is 0 Å². The minimum atomic E-state index is 0.106. The topological polar surface area (TPSA) is 54.4 Å². The second-order valence-corrected chi connectivity index (χ2v) is 5.04. The number of methoxy groups -OCH3 is 1. The first-order chi connectivity index (χ1) is 8.19. The molecule has 1 aromatic heterocycles. The highest BCUT2D eigenvalue weighted by Crippen LogP contribution is 2.29. The Hall–Kier alpha value is -1.46. The highest BCUT2D eigenvalue weighted by atomic mass is 35.5. The molecule has 0 saturated heterocycles. The lowest BCUT2D eigenvalue weighted by Crippen LogP contribution is -1.98. The second kappa shape index (κ2) is 5.25. The van der Waals surface area contributed by atoms with Gasteiger partial charge in [-0.2, -0.15) is 0 Å². The fourth-order valence-corrected chi connectivity index (χ4v) is 2.24. The van der Waals surface area contributed by atoms with Gasteiger partial charge in [0.15, 0.2) is 11.5 Å². The first kappa shape index (κ1) is 12.0. The number of aromatic nitrogens is 1. The Labute approximate surface area is 108 Å². The van der Waals surface area contributed by atoms with Gasteiger partial charge in [0.05, 0.1) is 19.9 Å². The van der Waals surface area contributed by atoms with Gasteiger partial charge in [-0.15, -0.1) is 11.3 Å². The van der Waals surface area contributed by atoms with Gasteiger partial charge in [0.25, 0.3) is 0 Å². The number of benzene rings is 1. The largest absolute Gasteiger partial charge is 0.504 e. The average Bonchev–Trinajstić information content (AvgIpc) is 2.73. The summed E-state index contributed by atoms with van der Waals surface area (Å²) in [5.41, 5.74) is 0.801. The molecule has 90 valence electrons. The number of ether oxygens (including phenoxy) is 1. The molecule has 0 aliphatic heterocycles. The maximum absolute atomic E-state index is 9.59. The highest BCUT2D eigenvalue weighted by Gasteiger charge is 2.03. The SMILES string of the molecule is COc1ccc(NCc2ncc(Cl)s2)cc1O. The van der Waals surface area contributed by atoms with Crippen LogP contribution in [0.3, 0.4) is 0 Å². The van der Waals surface area contributed by atoms with Gasteiger partial charge in [0.2, 0.25) is 0 Å². The van der Waals surface area contributed by atoms with E-state index in [0.29, 0.717) is 16.6 Å². The summed E-state index contributed by atoms with van der Waals surface area (Å²) in [5, 5.41) is 13.6. The third-order valence-electron chi connectivity index (χ3n) is 2.15. The number of phenols is 1. The predicted octanol–water partition coefficient (Wildman–Crippen LogP) is 3.12. The van der Waals surface area contributed by atoms with Crippen molar-refractivity contribution in [3.8, 4) is 11.5 Å². The van der Waals surface area contributed by atoms with E-state index in [2.05, 4.69) is 10.3 Å². The van der Waals surface area contributed by atoms with Gasteiger partial charge in [-0.25, -0.2) is 4.98 Å². The minimum absolute atomic E-state index is 0.106. The molecule has 0 bridgehead atoms. The Morgan fingerprint density at radius 1 is 1.53 bits per heavy atom. The molecule has 2 N–H and O–H groups in total. The van der Waals surface area contributed by atoms with Crippen molar-refractivity contribution in [2.75, 3.05) is 12.4 Å². The summed E-state index contributed by atoms with van der Waals surface area (Å²) in [7, 11) is 1.51. The highest BCUT2D eigenvalue weighted by molar-refractivity contribution is 7.15. The van der Waals surface area contributed by atoms with Crippen molar-refractivity contribution in [1.29, 1.82) is 0 Å². The molecule has 4 nitrogen and oxygen atoms in total. The van der Waals surface area contributed by atoms with E-state index in [9.17, 15) is 5.11 Å². The Morgan fingerprint density at radius 3 is 2.94 bits per heavy atom. The number of nitrogens with one attached hydrogen (secondary N) is 1. The molecule has 1 aromatic carbocycles. The molecule has 0 unspecified atom stereocenters. The fraction of sp³-hybridized carbons (Fsp3) is 0.182. The molecule has 1 heterocycles. The van der Waals surface area contributed by atoms with Crippen LogP contribution < -0.4 is 10.1 Å². The summed E-state index contributed by atoms with van der Waals surface area (Å²) in [5.74, 6) is 0.558. The van der Waals surface area contributed by atoms with Crippen LogP contribution in [0, 0.1) is 0 Å². The molecular weight excluding hydrogens is 260 g/mol. The number of hydrogen-bond donors (Lipinski definition) is 2. The van der Waals surface area contributed by atoms with E-state index in [4.69, 9.17) is 16.3 Å². The van der Waals surface area contributed by atoms with Gasteiger partial charge in [-0.05, 0) is 12.1 Å². The van der Waals surface area contributed by atoms with Crippen LogP contribution in [-0.4, -0.2) is 17.2 Å². The molecule has 6 heteroatoms. The van der Waals surface area contributed by atoms with Crippen molar-refractivity contribution < 1.29 is 9.84 Å². The molecular formula is C11H11ClN2O2S. The maximum Gasteiger partial charge on any atom is 0.160 e. The third kappa shape index (κ3) is 3.01. The van der Waals surface area contributed by atoms with E-state index in [1.807, 2.05) is 6.07 Å². The van der Waals surface area contributed by atoms with Crippen molar-refractivity contribution in [3.05, 3.63) is 33.7 Å². The summed E-state index contributed by atoms with van der Waals surface area (Å²) in [6.07, 6.45) is 1.62. The molecule has 2 rings (SSSR count). The van der Waals surface area contributed by atoms with Crippen LogP contribution in [0.5, 0.6) is 11.5 Å². The molecule has 0 aliphatic carbocycles. The van der Waals surface area contributed by atoms with Crippen LogP contribution in [0.1, 0.15) is 5.01 Å². The smallest absolute Gasteiger partial charge is 0.160 e. The quantitative estimate of drug-likeness (QED) is 0.896. The lowest BCUT2D eigenvalue weighted by molar-refractivity contribution is 0.373.